The lowest BCUT2D eigenvalue weighted by atomic mass is 10.2. The van der Waals surface area contributed by atoms with E-state index >= 15 is 0 Å². The normalized spacial score (nSPS) is 10.5. The molecule has 3 aromatic heterocycles. The van der Waals surface area contributed by atoms with Crippen molar-refractivity contribution < 1.29 is 18.8 Å². The minimum atomic E-state index is -0.344. The first-order valence-corrected chi connectivity index (χ1v) is 11.3. The van der Waals surface area contributed by atoms with E-state index in [9.17, 15) is 14.4 Å². The number of nitrogens with zero attached hydrogens (tertiary/aromatic N) is 1. The molecule has 0 bridgehead atoms. The SMILES string of the molecule is CC(=O)NCc1ccc(-c2csc(NC(=O)c3cccc(NC(=O)c4cccs4)c3)n2)o1. The fourth-order valence-corrected chi connectivity index (χ4v) is 4.09. The van der Waals surface area contributed by atoms with Crippen molar-refractivity contribution in [2.75, 3.05) is 10.6 Å². The van der Waals surface area contributed by atoms with Gasteiger partial charge in [-0.15, -0.1) is 22.7 Å². The highest BCUT2D eigenvalue weighted by molar-refractivity contribution is 7.14. The van der Waals surface area contributed by atoms with Crippen LogP contribution < -0.4 is 16.0 Å². The van der Waals surface area contributed by atoms with Gasteiger partial charge in [0.05, 0.1) is 11.4 Å². The molecule has 8 nitrogen and oxygen atoms in total. The van der Waals surface area contributed by atoms with Crippen LogP contribution in [0.25, 0.3) is 11.5 Å². The number of hydrogen-bond acceptors (Lipinski definition) is 7. The number of furan rings is 1. The van der Waals surface area contributed by atoms with Crippen LogP contribution in [0.1, 0.15) is 32.7 Å². The molecular weight excluding hydrogens is 448 g/mol. The van der Waals surface area contributed by atoms with Gasteiger partial charge in [-0.25, -0.2) is 4.98 Å². The number of thiophene rings is 1. The highest BCUT2D eigenvalue weighted by Gasteiger charge is 2.14. The number of carbonyl (C=O) groups is 3. The number of anilines is 2. The maximum atomic E-state index is 12.7. The fourth-order valence-electron chi connectivity index (χ4n) is 2.77. The molecule has 32 heavy (non-hydrogen) atoms. The largest absolute Gasteiger partial charge is 0.458 e. The summed E-state index contributed by atoms with van der Waals surface area (Å²) in [5.74, 6) is 0.440. The van der Waals surface area contributed by atoms with Gasteiger partial charge in [-0.2, -0.15) is 0 Å². The lowest BCUT2D eigenvalue weighted by Crippen LogP contribution is -2.18. The zero-order chi connectivity index (χ0) is 22.5. The van der Waals surface area contributed by atoms with Crippen LogP contribution in [0.4, 0.5) is 10.8 Å². The number of carbonyl (C=O) groups excluding carboxylic acids is 3. The molecule has 3 N–H and O–H groups in total. The molecule has 0 saturated heterocycles. The first-order valence-electron chi connectivity index (χ1n) is 9.53. The van der Waals surface area contributed by atoms with Crippen LogP contribution >= 0.6 is 22.7 Å². The van der Waals surface area contributed by atoms with Crippen LogP contribution in [0.15, 0.2) is 63.7 Å². The molecule has 0 saturated carbocycles. The van der Waals surface area contributed by atoms with Crippen LogP contribution in [0.2, 0.25) is 0 Å². The molecule has 4 rings (SSSR count). The highest BCUT2D eigenvalue weighted by Crippen LogP contribution is 2.27. The van der Waals surface area contributed by atoms with Crippen molar-refractivity contribution in [3.63, 3.8) is 0 Å². The standard InChI is InChI=1S/C22H18N4O4S2/c1-13(27)23-11-16-7-8-18(30-16)17-12-32-22(25-17)26-20(28)14-4-2-5-15(10-14)24-21(29)19-6-3-9-31-19/h2-10,12H,11H2,1H3,(H,23,27)(H,24,29)(H,25,26,28). The minimum absolute atomic E-state index is 0.142. The highest BCUT2D eigenvalue weighted by atomic mass is 32.1. The van der Waals surface area contributed by atoms with Crippen LogP contribution in [-0.4, -0.2) is 22.7 Å². The first kappa shape index (κ1) is 21.5. The van der Waals surface area contributed by atoms with Gasteiger partial charge in [-0.3, -0.25) is 19.7 Å². The van der Waals surface area contributed by atoms with Crippen LogP contribution in [-0.2, 0) is 11.3 Å². The molecule has 1 aromatic carbocycles. The second-order valence-corrected chi connectivity index (χ2v) is 8.49. The number of aromatic nitrogens is 1. The molecule has 0 atom stereocenters. The molecule has 4 aromatic rings. The van der Waals surface area contributed by atoms with Gasteiger partial charge >= 0.3 is 0 Å². The van der Waals surface area contributed by atoms with Gasteiger partial charge in [0, 0.05) is 23.6 Å². The first-order chi connectivity index (χ1) is 15.5. The lowest BCUT2D eigenvalue weighted by molar-refractivity contribution is -0.119. The molecule has 0 aliphatic rings. The topological polar surface area (TPSA) is 113 Å². The second kappa shape index (κ2) is 9.58. The molecule has 0 unspecified atom stereocenters. The lowest BCUT2D eigenvalue weighted by Gasteiger charge is -2.06. The number of rotatable bonds is 7. The predicted molar refractivity (Wildman–Crippen MR) is 124 cm³/mol. The third-order valence-electron chi connectivity index (χ3n) is 4.28. The Bertz CT molecular complexity index is 1260. The van der Waals surface area contributed by atoms with Gasteiger partial charge in [0.1, 0.15) is 11.5 Å². The van der Waals surface area contributed by atoms with E-state index in [1.807, 2.05) is 5.38 Å². The predicted octanol–water partition coefficient (Wildman–Crippen LogP) is 4.61. The molecule has 3 heterocycles. The van der Waals surface area contributed by atoms with Crippen molar-refractivity contribution in [3.8, 4) is 11.5 Å². The maximum absolute atomic E-state index is 12.7. The van der Waals surface area contributed by atoms with E-state index in [1.165, 1.54) is 29.6 Å². The van der Waals surface area contributed by atoms with E-state index < -0.39 is 0 Å². The Morgan fingerprint density at radius 3 is 2.66 bits per heavy atom. The average molecular weight is 467 g/mol. The van der Waals surface area contributed by atoms with Gasteiger partial charge in [-0.1, -0.05) is 12.1 Å². The van der Waals surface area contributed by atoms with Crippen molar-refractivity contribution >= 4 is 51.2 Å². The Morgan fingerprint density at radius 2 is 1.88 bits per heavy atom. The molecule has 0 radical (unpaired) electrons. The van der Waals surface area contributed by atoms with Crippen molar-refractivity contribution in [2.24, 2.45) is 0 Å². The molecule has 162 valence electrons. The molecule has 10 heteroatoms. The van der Waals surface area contributed by atoms with E-state index in [-0.39, 0.29) is 17.7 Å². The monoisotopic (exact) mass is 466 g/mol. The Kier molecular flexibility index (Phi) is 6.43. The summed E-state index contributed by atoms with van der Waals surface area (Å²) in [6.07, 6.45) is 0. The third-order valence-corrected chi connectivity index (χ3v) is 5.90. The van der Waals surface area contributed by atoms with E-state index in [1.54, 1.807) is 53.9 Å². The van der Waals surface area contributed by atoms with Gasteiger partial charge in [0.25, 0.3) is 11.8 Å². The van der Waals surface area contributed by atoms with Crippen LogP contribution in [0, 0.1) is 0 Å². The van der Waals surface area contributed by atoms with Gasteiger partial charge in [-0.05, 0) is 41.8 Å². The van der Waals surface area contributed by atoms with Crippen molar-refractivity contribution in [1.82, 2.24) is 10.3 Å². The number of hydrogen-bond donors (Lipinski definition) is 3. The van der Waals surface area contributed by atoms with Crippen LogP contribution in [0.5, 0.6) is 0 Å². The number of nitrogens with one attached hydrogen (secondary N) is 3. The van der Waals surface area contributed by atoms with E-state index in [2.05, 4.69) is 20.9 Å². The molecule has 0 fully saturated rings. The van der Waals surface area contributed by atoms with E-state index in [0.717, 1.165) is 0 Å². The summed E-state index contributed by atoms with van der Waals surface area (Å²) in [5, 5.41) is 12.2. The summed E-state index contributed by atoms with van der Waals surface area (Å²) in [6.45, 7) is 1.73. The van der Waals surface area contributed by atoms with Crippen molar-refractivity contribution in [2.45, 2.75) is 13.5 Å². The Morgan fingerprint density at radius 1 is 1.00 bits per heavy atom. The van der Waals surface area contributed by atoms with E-state index in [4.69, 9.17) is 4.42 Å². The number of amides is 3. The summed E-state index contributed by atoms with van der Waals surface area (Å²) in [7, 11) is 0. The van der Waals surface area contributed by atoms with E-state index in [0.29, 0.717) is 45.0 Å². The van der Waals surface area contributed by atoms with Gasteiger partial charge in [0.2, 0.25) is 5.91 Å². The molecule has 0 aliphatic carbocycles. The van der Waals surface area contributed by atoms with Crippen molar-refractivity contribution in [1.29, 1.82) is 0 Å². The molecule has 3 amide bonds. The summed E-state index contributed by atoms with van der Waals surface area (Å²) < 4.78 is 5.68. The Labute approximate surface area is 191 Å². The smallest absolute Gasteiger partial charge is 0.265 e. The summed E-state index contributed by atoms with van der Waals surface area (Å²) in [6, 6.07) is 13.7. The number of benzene rings is 1. The van der Waals surface area contributed by atoms with Gasteiger partial charge < -0.3 is 15.1 Å². The zero-order valence-electron chi connectivity index (χ0n) is 16.9. The molecule has 0 aliphatic heterocycles. The molecular formula is C22H18N4O4S2. The average Bonchev–Trinajstić information content (AvgIpc) is 3.53. The van der Waals surface area contributed by atoms with Crippen molar-refractivity contribution in [3.05, 3.63) is 75.5 Å². The summed E-state index contributed by atoms with van der Waals surface area (Å²) >= 11 is 2.61. The zero-order valence-corrected chi connectivity index (χ0v) is 18.5. The Hall–Kier alpha value is -3.76. The summed E-state index contributed by atoms with van der Waals surface area (Å²) in [4.78, 5) is 40.9. The minimum Gasteiger partial charge on any atom is -0.458 e. The summed E-state index contributed by atoms with van der Waals surface area (Å²) in [5.41, 5.74) is 1.50. The molecule has 0 spiro atoms. The quantitative estimate of drug-likeness (QED) is 0.368. The Balaban J connectivity index is 1.40. The fraction of sp³-hybridized carbons (Fsp3) is 0.0909. The second-order valence-electron chi connectivity index (χ2n) is 6.68. The van der Waals surface area contributed by atoms with Crippen LogP contribution in [0.3, 0.4) is 0 Å². The third kappa shape index (κ3) is 5.29. The maximum Gasteiger partial charge on any atom is 0.265 e. The number of thiazole rings is 1. The van der Waals surface area contributed by atoms with Gasteiger partial charge in [0.15, 0.2) is 10.9 Å².